The van der Waals surface area contributed by atoms with Crippen LogP contribution in [0.2, 0.25) is 5.02 Å². The monoisotopic (exact) mass is 449 g/mol. The Bertz CT molecular complexity index is 1280. The summed E-state index contributed by atoms with van der Waals surface area (Å²) in [6.45, 7) is 1.51. The third-order valence-electron chi connectivity index (χ3n) is 5.40. The summed E-state index contributed by atoms with van der Waals surface area (Å²) < 4.78 is 3.56. The summed E-state index contributed by atoms with van der Waals surface area (Å²) >= 11 is 6.26. The van der Waals surface area contributed by atoms with Gasteiger partial charge in [-0.05, 0) is 35.6 Å². The number of fused-ring (bicyclic) bond motifs is 1. The molecule has 2 amide bonds. The maximum atomic E-state index is 13.0. The number of imidazole rings is 1. The van der Waals surface area contributed by atoms with Gasteiger partial charge in [-0.1, -0.05) is 41.9 Å². The number of urea groups is 1. The van der Waals surface area contributed by atoms with Gasteiger partial charge in [-0.3, -0.25) is 4.79 Å². The number of rotatable bonds is 7. The molecule has 0 bridgehead atoms. The van der Waals surface area contributed by atoms with Gasteiger partial charge in [0, 0.05) is 54.2 Å². The molecule has 0 radical (unpaired) electrons. The Morgan fingerprint density at radius 2 is 1.91 bits per heavy atom. The van der Waals surface area contributed by atoms with E-state index in [-0.39, 0.29) is 18.1 Å². The van der Waals surface area contributed by atoms with Crippen molar-refractivity contribution in [3.63, 3.8) is 0 Å². The van der Waals surface area contributed by atoms with Gasteiger partial charge in [-0.15, -0.1) is 0 Å². The molecule has 32 heavy (non-hydrogen) atoms. The molecule has 7 nitrogen and oxygen atoms in total. The van der Waals surface area contributed by atoms with Crippen molar-refractivity contribution in [3.8, 4) is 11.1 Å². The molecule has 0 saturated carbocycles. The van der Waals surface area contributed by atoms with Gasteiger partial charge in [0.25, 0.3) is 5.56 Å². The highest BCUT2D eigenvalue weighted by Crippen LogP contribution is 2.32. The lowest BCUT2D eigenvalue weighted by Crippen LogP contribution is -2.37. The normalized spacial score (nSPS) is 10.9. The minimum atomic E-state index is -0.284. The number of pyridine rings is 1. The first-order chi connectivity index (χ1) is 15.5. The van der Waals surface area contributed by atoms with Crippen molar-refractivity contribution in [2.45, 2.75) is 19.5 Å². The Labute approximate surface area is 190 Å². The van der Waals surface area contributed by atoms with Gasteiger partial charge in [-0.25, -0.2) is 9.78 Å². The maximum absolute atomic E-state index is 13.0. The molecule has 0 atom stereocenters. The highest BCUT2D eigenvalue weighted by Gasteiger charge is 2.17. The molecule has 0 aliphatic heterocycles. The number of carbonyl (C=O) groups is 1. The molecule has 4 rings (SSSR count). The van der Waals surface area contributed by atoms with Crippen molar-refractivity contribution >= 4 is 28.4 Å². The molecule has 4 aromatic rings. The van der Waals surface area contributed by atoms with Crippen LogP contribution in [0, 0.1) is 0 Å². The van der Waals surface area contributed by atoms with Crippen LogP contribution in [0.3, 0.4) is 0 Å². The third kappa shape index (κ3) is 4.68. The summed E-state index contributed by atoms with van der Waals surface area (Å²) in [6, 6.07) is 14.8. The lowest BCUT2D eigenvalue weighted by atomic mass is 9.96. The standard InChI is InChI=1S/C24H24ClN5O2/c1-29-21(15-28-24(32)27-10-5-12-30-13-11-26-16-30)22(17-6-3-2-4-7-17)20-14-18(25)8-9-19(20)23(29)31/h2-4,6-9,11,13-14,16H,5,10,12,15H2,1H3,(H2,27,28,32). The molecule has 0 aliphatic carbocycles. The summed E-state index contributed by atoms with van der Waals surface area (Å²) in [5.74, 6) is 0. The Morgan fingerprint density at radius 3 is 2.66 bits per heavy atom. The lowest BCUT2D eigenvalue weighted by Gasteiger charge is -2.18. The predicted octanol–water partition coefficient (Wildman–Crippen LogP) is 3.94. The van der Waals surface area contributed by atoms with Crippen LogP contribution >= 0.6 is 11.6 Å². The molecule has 2 aromatic carbocycles. The second-order valence-electron chi connectivity index (χ2n) is 7.51. The predicted molar refractivity (Wildman–Crippen MR) is 127 cm³/mol. The topological polar surface area (TPSA) is 81.0 Å². The fourth-order valence-electron chi connectivity index (χ4n) is 3.78. The number of benzene rings is 2. The molecule has 164 valence electrons. The molecule has 0 fully saturated rings. The maximum Gasteiger partial charge on any atom is 0.315 e. The number of aromatic nitrogens is 3. The van der Waals surface area contributed by atoms with E-state index in [1.54, 1.807) is 42.3 Å². The average Bonchev–Trinajstić information content (AvgIpc) is 3.32. The minimum absolute atomic E-state index is 0.131. The van der Waals surface area contributed by atoms with Crippen LogP contribution in [0.15, 0.2) is 72.0 Å². The SMILES string of the molecule is Cn1c(CNC(=O)NCCCn2ccnc2)c(-c2ccccc2)c2cc(Cl)ccc2c1=O. The van der Waals surface area contributed by atoms with Crippen molar-refractivity contribution in [2.24, 2.45) is 7.05 Å². The van der Waals surface area contributed by atoms with Crippen LogP contribution in [0.1, 0.15) is 12.1 Å². The van der Waals surface area contributed by atoms with E-state index in [4.69, 9.17) is 11.6 Å². The molecule has 8 heteroatoms. The van der Waals surface area contributed by atoms with Crippen LogP contribution in [-0.4, -0.2) is 26.7 Å². The van der Waals surface area contributed by atoms with E-state index in [1.807, 2.05) is 41.1 Å². The Kier molecular flexibility index (Phi) is 6.56. The van der Waals surface area contributed by atoms with E-state index >= 15 is 0 Å². The van der Waals surface area contributed by atoms with Gasteiger partial charge in [0.1, 0.15) is 0 Å². The molecule has 0 saturated heterocycles. The van der Waals surface area contributed by atoms with Crippen LogP contribution < -0.4 is 16.2 Å². The second kappa shape index (κ2) is 9.70. The van der Waals surface area contributed by atoms with Gasteiger partial charge >= 0.3 is 6.03 Å². The largest absolute Gasteiger partial charge is 0.338 e. The summed E-state index contributed by atoms with van der Waals surface area (Å²) in [7, 11) is 1.73. The first-order valence-electron chi connectivity index (χ1n) is 10.4. The molecule has 2 aromatic heterocycles. The number of carbonyl (C=O) groups excluding carboxylic acids is 1. The number of aryl methyl sites for hydroxylation is 1. The quantitative estimate of drug-likeness (QED) is 0.419. The number of nitrogens with one attached hydrogen (secondary N) is 2. The highest BCUT2D eigenvalue weighted by atomic mass is 35.5. The Balaban J connectivity index is 1.57. The third-order valence-corrected chi connectivity index (χ3v) is 5.63. The molecule has 0 spiro atoms. The van der Waals surface area contributed by atoms with Crippen molar-refractivity contribution in [3.05, 3.63) is 88.3 Å². The number of halogens is 1. The van der Waals surface area contributed by atoms with Crippen LogP contribution in [-0.2, 0) is 20.1 Å². The van der Waals surface area contributed by atoms with Crippen LogP contribution in [0.25, 0.3) is 21.9 Å². The van der Waals surface area contributed by atoms with Crippen LogP contribution in [0.5, 0.6) is 0 Å². The average molecular weight is 450 g/mol. The molecular formula is C24H24ClN5O2. The number of nitrogens with zero attached hydrogens (tertiary/aromatic N) is 3. The zero-order valence-corrected chi connectivity index (χ0v) is 18.5. The molecule has 2 N–H and O–H groups in total. The smallest absolute Gasteiger partial charge is 0.315 e. The molecule has 0 aliphatic rings. The second-order valence-corrected chi connectivity index (χ2v) is 7.94. The van der Waals surface area contributed by atoms with E-state index in [9.17, 15) is 9.59 Å². The molecule has 0 unspecified atom stereocenters. The minimum Gasteiger partial charge on any atom is -0.338 e. The number of amides is 2. The zero-order valence-electron chi connectivity index (χ0n) is 17.7. The molecular weight excluding hydrogens is 426 g/mol. The Hall–Kier alpha value is -3.58. The van der Waals surface area contributed by atoms with E-state index in [0.29, 0.717) is 22.6 Å². The summed E-state index contributed by atoms with van der Waals surface area (Å²) in [6.07, 6.45) is 6.15. The van der Waals surface area contributed by atoms with Crippen molar-refractivity contribution in [1.29, 1.82) is 0 Å². The fourth-order valence-corrected chi connectivity index (χ4v) is 3.95. The van der Waals surface area contributed by atoms with E-state index < -0.39 is 0 Å². The van der Waals surface area contributed by atoms with E-state index in [1.165, 1.54) is 0 Å². The summed E-state index contributed by atoms with van der Waals surface area (Å²) in [4.78, 5) is 29.4. The van der Waals surface area contributed by atoms with Crippen molar-refractivity contribution < 1.29 is 4.79 Å². The van der Waals surface area contributed by atoms with Gasteiger partial charge in [0.05, 0.1) is 12.9 Å². The zero-order chi connectivity index (χ0) is 22.5. The van der Waals surface area contributed by atoms with Gasteiger partial charge < -0.3 is 19.8 Å². The Morgan fingerprint density at radius 1 is 1.09 bits per heavy atom. The molecule has 2 heterocycles. The first-order valence-corrected chi connectivity index (χ1v) is 10.8. The first kappa shape index (κ1) is 21.6. The number of hydrogen-bond acceptors (Lipinski definition) is 3. The van der Waals surface area contributed by atoms with E-state index in [0.717, 1.165) is 29.5 Å². The van der Waals surface area contributed by atoms with Crippen LogP contribution in [0.4, 0.5) is 4.79 Å². The number of hydrogen-bond donors (Lipinski definition) is 2. The highest BCUT2D eigenvalue weighted by molar-refractivity contribution is 6.31. The summed E-state index contributed by atoms with van der Waals surface area (Å²) in [5.41, 5.74) is 2.41. The lowest BCUT2D eigenvalue weighted by molar-refractivity contribution is 0.240. The van der Waals surface area contributed by atoms with Gasteiger partial charge in [0.15, 0.2) is 0 Å². The fraction of sp³-hybridized carbons (Fsp3) is 0.208. The van der Waals surface area contributed by atoms with Gasteiger partial charge in [-0.2, -0.15) is 0 Å². The van der Waals surface area contributed by atoms with Gasteiger partial charge in [0.2, 0.25) is 0 Å². The van der Waals surface area contributed by atoms with Crippen molar-refractivity contribution in [1.82, 2.24) is 24.8 Å². The van der Waals surface area contributed by atoms with E-state index in [2.05, 4.69) is 15.6 Å². The van der Waals surface area contributed by atoms with Crippen molar-refractivity contribution in [2.75, 3.05) is 6.54 Å². The summed E-state index contributed by atoms with van der Waals surface area (Å²) in [5, 5.41) is 7.66.